The van der Waals surface area contributed by atoms with E-state index in [0.29, 0.717) is 23.7 Å². The molecule has 1 saturated heterocycles. The van der Waals surface area contributed by atoms with Crippen molar-refractivity contribution in [3.05, 3.63) is 66.0 Å². The number of hydrogen-bond donors (Lipinski definition) is 0. The average Bonchev–Trinajstić information content (AvgIpc) is 3.58. The van der Waals surface area contributed by atoms with E-state index in [4.69, 9.17) is 29.0 Å². The Hall–Kier alpha value is -3.78. The van der Waals surface area contributed by atoms with Crippen LogP contribution in [0.2, 0.25) is 0 Å². The number of nitrogens with zero attached hydrogens (tertiary/aromatic N) is 4. The van der Waals surface area contributed by atoms with Crippen molar-refractivity contribution in [3.63, 3.8) is 0 Å². The second-order valence-corrected chi connectivity index (χ2v) is 8.84. The summed E-state index contributed by atoms with van der Waals surface area (Å²) in [7, 11) is 4.82. The third kappa shape index (κ3) is 5.09. The van der Waals surface area contributed by atoms with Crippen LogP contribution in [0.1, 0.15) is 24.2 Å². The number of aromatic nitrogens is 3. The van der Waals surface area contributed by atoms with Crippen LogP contribution >= 0.6 is 0 Å². The SMILES string of the molecule is COc1cc(-c2cccc3nc(Cc4ccc(OCCN5CCCC5)cc4)nn23)cc(OC)c1OC. The summed E-state index contributed by atoms with van der Waals surface area (Å²) in [6.45, 7) is 4.09. The van der Waals surface area contributed by atoms with E-state index in [1.165, 1.54) is 25.9 Å². The van der Waals surface area contributed by atoms with Crippen molar-refractivity contribution in [2.24, 2.45) is 0 Å². The van der Waals surface area contributed by atoms with Gasteiger partial charge in [-0.2, -0.15) is 5.10 Å². The van der Waals surface area contributed by atoms with E-state index < -0.39 is 0 Å². The zero-order valence-electron chi connectivity index (χ0n) is 21.1. The number of fused-ring (bicyclic) bond motifs is 1. The molecule has 0 atom stereocenters. The molecule has 8 heteroatoms. The minimum atomic E-state index is 0.554. The fraction of sp³-hybridized carbons (Fsp3) is 0.357. The number of ether oxygens (including phenoxy) is 4. The smallest absolute Gasteiger partial charge is 0.203 e. The summed E-state index contributed by atoms with van der Waals surface area (Å²) in [6, 6.07) is 18.0. The van der Waals surface area contributed by atoms with Crippen molar-refractivity contribution >= 4 is 5.65 Å². The zero-order chi connectivity index (χ0) is 24.9. The number of benzene rings is 2. The quantitative estimate of drug-likeness (QED) is 0.326. The Morgan fingerprint density at radius 3 is 2.25 bits per heavy atom. The van der Waals surface area contributed by atoms with Crippen molar-refractivity contribution in [1.29, 1.82) is 0 Å². The summed E-state index contributed by atoms with van der Waals surface area (Å²) in [5.41, 5.74) is 3.68. The molecule has 4 aromatic rings. The second-order valence-electron chi connectivity index (χ2n) is 8.84. The van der Waals surface area contributed by atoms with Crippen LogP contribution in [-0.2, 0) is 6.42 Å². The van der Waals surface area contributed by atoms with Crippen LogP contribution in [0.4, 0.5) is 0 Å². The summed E-state index contributed by atoms with van der Waals surface area (Å²) in [4.78, 5) is 7.21. The van der Waals surface area contributed by atoms with E-state index in [1.807, 2.05) is 47.0 Å². The van der Waals surface area contributed by atoms with E-state index in [9.17, 15) is 0 Å². The molecule has 3 heterocycles. The molecule has 2 aromatic heterocycles. The Balaban J connectivity index is 1.33. The van der Waals surface area contributed by atoms with Gasteiger partial charge >= 0.3 is 0 Å². The van der Waals surface area contributed by atoms with Crippen LogP contribution < -0.4 is 18.9 Å². The van der Waals surface area contributed by atoms with Crippen molar-refractivity contribution in [2.45, 2.75) is 19.3 Å². The molecule has 36 heavy (non-hydrogen) atoms. The third-order valence-corrected chi connectivity index (χ3v) is 6.52. The highest BCUT2D eigenvalue weighted by Crippen LogP contribution is 2.41. The summed E-state index contributed by atoms with van der Waals surface area (Å²) in [5, 5.41) is 4.81. The molecule has 1 aliphatic heterocycles. The lowest BCUT2D eigenvalue weighted by atomic mass is 10.1. The molecular formula is C28H32N4O4. The molecule has 1 aliphatic rings. The molecule has 0 saturated carbocycles. The molecule has 0 N–H and O–H groups in total. The molecule has 2 aromatic carbocycles. The van der Waals surface area contributed by atoms with Gasteiger partial charge in [-0.15, -0.1) is 0 Å². The molecule has 188 valence electrons. The second kappa shape index (κ2) is 10.9. The fourth-order valence-corrected chi connectivity index (χ4v) is 4.66. The zero-order valence-corrected chi connectivity index (χ0v) is 21.1. The first-order valence-electron chi connectivity index (χ1n) is 12.3. The monoisotopic (exact) mass is 488 g/mol. The predicted octanol–water partition coefficient (Wildman–Crippen LogP) is 4.49. The molecule has 0 radical (unpaired) electrons. The molecule has 1 fully saturated rings. The van der Waals surface area contributed by atoms with Crippen molar-refractivity contribution < 1.29 is 18.9 Å². The maximum atomic E-state index is 5.93. The Labute approximate surface area is 211 Å². The van der Waals surface area contributed by atoms with Crippen LogP contribution in [0.25, 0.3) is 16.9 Å². The van der Waals surface area contributed by atoms with Gasteiger partial charge in [-0.1, -0.05) is 18.2 Å². The van der Waals surface area contributed by atoms with Gasteiger partial charge in [0.25, 0.3) is 0 Å². The lowest BCUT2D eigenvalue weighted by molar-refractivity contribution is 0.238. The van der Waals surface area contributed by atoms with Gasteiger partial charge in [0.2, 0.25) is 5.75 Å². The van der Waals surface area contributed by atoms with Gasteiger partial charge in [0.15, 0.2) is 23.0 Å². The van der Waals surface area contributed by atoms with Crippen LogP contribution in [0.15, 0.2) is 54.6 Å². The normalized spacial score (nSPS) is 13.8. The standard InChI is InChI=1S/C28H32N4O4/c1-33-24-18-21(19-25(34-2)28(24)35-3)23-7-6-8-27-29-26(30-32(23)27)17-20-9-11-22(12-10-20)36-16-15-31-13-4-5-14-31/h6-12,18-19H,4-5,13-17H2,1-3H3. The summed E-state index contributed by atoms with van der Waals surface area (Å²) < 4.78 is 24.3. The van der Waals surface area contributed by atoms with Crippen LogP contribution in [0, 0.1) is 0 Å². The maximum Gasteiger partial charge on any atom is 0.203 e. The first kappa shape index (κ1) is 23.9. The lowest BCUT2D eigenvalue weighted by Crippen LogP contribution is -2.25. The predicted molar refractivity (Wildman–Crippen MR) is 138 cm³/mol. The van der Waals surface area contributed by atoms with Crippen molar-refractivity contribution in [2.75, 3.05) is 47.6 Å². The average molecular weight is 489 g/mol. The minimum absolute atomic E-state index is 0.554. The number of pyridine rings is 1. The number of rotatable bonds is 10. The minimum Gasteiger partial charge on any atom is -0.493 e. The van der Waals surface area contributed by atoms with E-state index in [1.54, 1.807) is 21.3 Å². The largest absolute Gasteiger partial charge is 0.493 e. The van der Waals surface area contributed by atoms with Gasteiger partial charge in [0.1, 0.15) is 12.4 Å². The Bertz CT molecular complexity index is 1290. The van der Waals surface area contributed by atoms with Crippen LogP contribution in [0.3, 0.4) is 0 Å². The van der Waals surface area contributed by atoms with E-state index >= 15 is 0 Å². The number of methoxy groups -OCH3 is 3. The Morgan fingerprint density at radius 2 is 1.58 bits per heavy atom. The summed E-state index contributed by atoms with van der Waals surface area (Å²) in [5.74, 6) is 3.38. The fourth-order valence-electron chi connectivity index (χ4n) is 4.66. The summed E-state index contributed by atoms with van der Waals surface area (Å²) >= 11 is 0. The highest BCUT2D eigenvalue weighted by molar-refractivity contribution is 5.70. The molecule has 0 unspecified atom stereocenters. The highest BCUT2D eigenvalue weighted by atomic mass is 16.5. The number of likely N-dealkylation sites (tertiary alicyclic amines) is 1. The molecule has 8 nitrogen and oxygen atoms in total. The van der Waals surface area contributed by atoms with E-state index in [0.717, 1.165) is 47.2 Å². The topological polar surface area (TPSA) is 70.4 Å². The van der Waals surface area contributed by atoms with Gasteiger partial charge in [-0.05, 0) is 67.9 Å². The van der Waals surface area contributed by atoms with Gasteiger partial charge < -0.3 is 18.9 Å². The van der Waals surface area contributed by atoms with Gasteiger partial charge in [0, 0.05) is 18.5 Å². The molecule has 0 amide bonds. The summed E-state index contributed by atoms with van der Waals surface area (Å²) in [6.07, 6.45) is 3.23. The number of hydrogen-bond acceptors (Lipinski definition) is 7. The molecular weight excluding hydrogens is 456 g/mol. The maximum absolute atomic E-state index is 5.93. The van der Waals surface area contributed by atoms with Crippen molar-refractivity contribution in [3.8, 4) is 34.3 Å². The third-order valence-electron chi connectivity index (χ3n) is 6.52. The molecule has 0 aliphatic carbocycles. The molecule has 5 rings (SSSR count). The van der Waals surface area contributed by atoms with Crippen molar-refractivity contribution in [1.82, 2.24) is 19.5 Å². The Morgan fingerprint density at radius 1 is 0.861 bits per heavy atom. The van der Waals surface area contributed by atoms with E-state index in [2.05, 4.69) is 17.0 Å². The van der Waals surface area contributed by atoms with Crippen LogP contribution in [0.5, 0.6) is 23.0 Å². The van der Waals surface area contributed by atoms with Gasteiger partial charge in [-0.25, -0.2) is 9.50 Å². The molecule has 0 bridgehead atoms. The highest BCUT2D eigenvalue weighted by Gasteiger charge is 2.17. The van der Waals surface area contributed by atoms with Gasteiger partial charge in [0.05, 0.1) is 27.0 Å². The Kier molecular flexibility index (Phi) is 7.23. The molecule has 0 spiro atoms. The first-order chi connectivity index (χ1) is 17.7. The van der Waals surface area contributed by atoms with Gasteiger partial charge in [-0.3, -0.25) is 4.90 Å². The van der Waals surface area contributed by atoms with E-state index in [-0.39, 0.29) is 0 Å². The van der Waals surface area contributed by atoms with Crippen LogP contribution in [-0.4, -0.2) is 67.1 Å². The first-order valence-corrected chi connectivity index (χ1v) is 12.3. The lowest BCUT2D eigenvalue weighted by Gasteiger charge is -2.15.